The Hall–Kier alpha value is -1.82. The van der Waals surface area contributed by atoms with Crippen molar-refractivity contribution in [3.8, 4) is 0 Å². The molecule has 1 aromatic carbocycles. The summed E-state index contributed by atoms with van der Waals surface area (Å²) >= 11 is 3.44. The van der Waals surface area contributed by atoms with Crippen LogP contribution in [0.5, 0.6) is 0 Å². The number of benzene rings is 1. The van der Waals surface area contributed by atoms with Crippen molar-refractivity contribution in [1.82, 2.24) is 14.5 Å². The zero-order chi connectivity index (χ0) is 12.2. The minimum absolute atomic E-state index is 0.380. The van der Waals surface area contributed by atoms with E-state index in [9.17, 15) is 9.59 Å². The van der Waals surface area contributed by atoms with Crippen LogP contribution < -0.4 is 11.2 Å². The first-order valence-corrected chi connectivity index (χ1v) is 5.78. The Balaban J connectivity index is 2.79. The van der Waals surface area contributed by atoms with E-state index < -0.39 is 5.69 Å². The molecule has 2 heterocycles. The lowest BCUT2D eigenvalue weighted by Crippen LogP contribution is -2.22. The first-order chi connectivity index (χ1) is 8.09. The van der Waals surface area contributed by atoms with Gasteiger partial charge in [-0.05, 0) is 22.0 Å². The molecule has 0 fully saturated rings. The summed E-state index contributed by atoms with van der Waals surface area (Å²) in [5.74, 6) is 0. The molecule has 86 valence electrons. The smallest absolute Gasteiger partial charge is 0.326 e. The third-order valence-electron chi connectivity index (χ3n) is 2.84. The summed E-state index contributed by atoms with van der Waals surface area (Å²) in [6.45, 7) is 0. The van der Waals surface area contributed by atoms with Gasteiger partial charge < -0.3 is 9.55 Å². The van der Waals surface area contributed by atoms with Crippen molar-refractivity contribution in [3.63, 3.8) is 0 Å². The van der Waals surface area contributed by atoms with Gasteiger partial charge in [0.05, 0.1) is 11.0 Å². The maximum absolute atomic E-state index is 11.8. The molecule has 0 spiro atoms. The van der Waals surface area contributed by atoms with Crippen LogP contribution in [0.2, 0.25) is 0 Å². The van der Waals surface area contributed by atoms with Gasteiger partial charge in [-0.3, -0.25) is 9.78 Å². The Kier molecular flexibility index (Phi) is 2.03. The number of hydrogen-bond donors (Lipinski definition) is 2. The van der Waals surface area contributed by atoms with Gasteiger partial charge >= 0.3 is 5.69 Å². The highest BCUT2D eigenvalue weighted by molar-refractivity contribution is 9.10. The van der Waals surface area contributed by atoms with Gasteiger partial charge in [-0.15, -0.1) is 0 Å². The molecule has 2 aromatic heterocycles. The molecular formula is C11H8BrN3O2. The number of rotatable bonds is 0. The molecule has 2 N–H and O–H groups in total. The SMILES string of the molecule is Cn1c2c(Br)cccc2c2[nH]c(=O)[nH]c(=O)c21. The molecule has 0 saturated carbocycles. The number of aryl methyl sites for hydroxylation is 1. The van der Waals surface area contributed by atoms with Crippen LogP contribution in [0.1, 0.15) is 0 Å². The van der Waals surface area contributed by atoms with Crippen LogP contribution in [0, 0.1) is 0 Å². The molecular weight excluding hydrogens is 286 g/mol. The molecule has 0 aliphatic carbocycles. The van der Waals surface area contributed by atoms with Gasteiger partial charge in [-0.1, -0.05) is 12.1 Å². The number of nitrogens with zero attached hydrogens (tertiary/aromatic N) is 1. The minimum Gasteiger partial charge on any atom is -0.337 e. The number of nitrogens with one attached hydrogen (secondary N) is 2. The zero-order valence-corrected chi connectivity index (χ0v) is 10.5. The first-order valence-electron chi connectivity index (χ1n) is 4.99. The van der Waals surface area contributed by atoms with Gasteiger partial charge in [-0.25, -0.2) is 4.79 Å². The molecule has 0 radical (unpaired) electrons. The monoisotopic (exact) mass is 293 g/mol. The van der Waals surface area contributed by atoms with Crippen molar-refractivity contribution >= 4 is 37.9 Å². The number of H-pyrrole nitrogens is 2. The van der Waals surface area contributed by atoms with Crippen molar-refractivity contribution in [2.24, 2.45) is 7.05 Å². The maximum atomic E-state index is 11.8. The molecule has 0 bridgehead atoms. The van der Waals surface area contributed by atoms with E-state index in [-0.39, 0.29) is 5.56 Å². The number of halogens is 1. The number of aromatic amines is 2. The fourth-order valence-corrected chi connectivity index (χ4v) is 2.80. The van der Waals surface area contributed by atoms with Crippen LogP contribution in [0.15, 0.2) is 32.3 Å². The van der Waals surface area contributed by atoms with Gasteiger partial charge in [0.15, 0.2) is 0 Å². The Bertz CT molecular complexity index is 857. The molecule has 3 aromatic rings. The van der Waals surface area contributed by atoms with Gasteiger partial charge in [0.2, 0.25) is 0 Å². The summed E-state index contributed by atoms with van der Waals surface area (Å²) in [5, 5.41) is 0.847. The molecule has 0 amide bonds. The molecule has 0 saturated heterocycles. The van der Waals surface area contributed by atoms with E-state index in [2.05, 4.69) is 25.9 Å². The largest absolute Gasteiger partial charge is 0.337 e. The van der Waals surface area contributed by atoms with Gasteiger partial charge in [0.1, 0.15) is 5.52 Å². The minimum atomic E-state index is -0.491. The van der Waals surface area contributed by atoms with Gasteiger partial charge in [0, 0.05) is 16.9 Å². The lowest BCUT2D eigenvalue weighted by atomic mass is 10.2. The molecule has 3 rings (SSSR count). The van der Waals surface area contributed by atoms with Crippen molar-refractivity contribution in [2.45, 2.75) is 0 Å². The molecule has 5 nitrogen and oxygen atoms in total. The second-order valence-electron chi connectivity index (χ2n) is 3.83. The summed E-state index contributed by atoms with van der Waals surface area (Å²) in [6.07, 6.45) is 0. The summed E-state index contributed by atoms with van der Waals surface area (Å²) < 4.78 is 2.65. The van der Waals surface area contributed by atoms with E-state index in [1.165, 1.54) is 0 Å². The van der Waals surface area contributed by atoms with Crippen molar-refractivity contribution in [3.05, 3.63) is 43.5 Å². The molecule has 0 aliphatic rings. The third kappa shape index (κ3) is 1.30. The predicted octanol–water partition coefficient (Wildman–Crippen LogP) is 1.47. The van der Waals surface area contributed by atoms with Crippen LogP contribution in [0.4, 0.5) is 0 Å². The Morgan fingerprint density at radius 1 is 1.18 bits per heavy atom. The van der Waals surface area contributed by atoms with Gasteiger partial charge in [0.25, 0.3) is 5.56 Å². The Morgan fingerprint density at radius 2 is 1.94 bits per heavy atom. The average Bonchev–Trinajstić information content (AvgIpc) is 2.54. The van der Waals surface area contributed by atoms with Gasteiger partial charge in [-0.2, -0.15) is 0 Å². The molecule has 0 unspecified atom stereocenters. The maximum Gasteiger partial charge on any atom is 0.326 e. The highest BCUT2D eigenvalue weighted by atomic mass is 79.9. The number of aromatic nitrogens is 3. The lowest BCUT2D eigenvalue weighted by Gasteiger charge is -1.98. The fraction of sp³-hybridized carbons (Fsp3) is 0.0909. The average molecular weight is 294 g/mol. The van der Waals surface area contributed by atoms with E-state index in [0.29, 0.717) is 11.0 Å². The van der Waals surface area contributed by atoms with E-state index in [4.69, 9.17) is 0 Å². The zero-order valence-electron chi connectivity index (χ0n) is 8.87. The normalized spacial score (nSPS) is 11.4. The summed E-state index contributed by atoms with van der Waals surface area (Å²) in [7, 11) is 1.79. The van der Waals surface area contributed by atoms with E-state index in [1.54, 1.807) is 11.6 Å². The highest BCUT2D eigenvalue weighted by Gasteiger charge is 2.13. The molecule has 17 heavy (non-hydrogen) atoms. The summed E-state index contributed by atoms with van der Waals surface area (Å²) in [4.78, 5) is 28.0. The van der Waals surface area contributed by atoms with Crippen molar-refractivity contribution in [2.75, 3.05) is 0 Å². The Morgan fingerprint density at radius 3 is 2.71 bits per heavy atom. The van der Waals surface area contributed by atoms with E-state index in [0.717, 1.165) is 15.4 Å². The third-order valence-corrected chi connectivity index (χ3v) is 3.48. The van der Waals surface area contributed by atoms with Crippen LogP contribution in [0.3, 0.4) is 0 Å². The van der Waals surface area contributed by atoms with Crippen molar-refractivity contribution < 1.29 is 0 Å². The fourth-order valence-electron chi connectivity index (χ4n) is 2.16. The number of fused-ring (bicyclic) bond motifs is 3. The number of hydrogen-bond acceptors (Lipinski definition) is 2. The van der Waals surface area contributed by atoms with E-state index >= 15 is 0 Å². The second kappa shape index (κ2) is 3.33. The van der Waals surface area contributed by atoms with Crippen LogP contribution >= 0.6 is 15.9 Å². The molecule has 0 atom stereocenters. The summed E-state index contributed by atoms with van der Waals surface area (Å²) in [5.41, 5.74) is 1.04. The lowest BCUT2D eigenvalue weighted by molar-refractivity contribution is 0.978. The van der Waals surface area contributed by atoms with Crippen LogP contribution in [-0.4, -0.2) is 14.5 Å². The van der Waals surface area contributed by atoms with Crippen LogP contribution in [0.25, 0.3) is 21.9 Å². The first kappa shape index (κ1) is 10.3. The molecule has 0 aliphatic heterocycles. The summed E-state index contributed by atoms with van der Waals surface area (Å²) in [6, 6.07) is 5.64. The number of para-hydroxylation sites is 1. The highest BCUT2D eigenvalue weighted by Crippen LogP contribution is 2.29. The standard InChI is InChI=1S/C11H8BrN3O2/c1-15-8-5(3-2-4-6(8)12)7-9(15)10(16)14-11(17)13-7/h2-4H,1H3,(H2,13,14,16,17). The predicted molar refractivity (Wildman–Crippen MR) is 69.4 cm³/mol. The topological polar surface area (TPSA) is 70.7 Å². The Labute approximate surface area is 103 Å². The van der Waals surface area contributed by atoms with Crippen LogP contribution in [-0.2, 0) is 7.05 Å². The quantitative estimate of drug-likeness (QED) is 0.659. The van der Waals surface area contributed by atoms with Crippen molar-refractivity contribution in [1.29, 1.82) is 0 Å². The van der Waals surface area contributed by atoms with E-state index in [1.807, 2.05) is 18.2 Å². The molecule has 6 heteroatoms. The second-order valence-corrected chi connectivity index (χ2v) is 4.68.